The van der Waals surface area contributed by atoms with Gasteiger partial charge in [-0.1, -0.05) is 0 Å². The summed E-state index contributed by atoms with van der Waals surface area (Å²) < 4.78 is 45.2. The molecule has 0 aromatic carbocycles. The van der Waals surface area contributed by atoms with Gasteiger partial charge in [-0.15, -0.1) is 0 Å². The van der Waals surface area contributed by atoms with Crippen LogP contribution in [-0.2, 0) is 14.3 Å². The summed E-state index contributed by atoms with van der Waals surface area (Å²) in [6.45, 7) is 2.81. The number of alkyl halides is 3. The SMILES string of the molecule is C[C@@H](COCC(=O)N(C)C1CCN(c2ccc(C#N)cn2)CC1)NC1CNNC(=O)C1C(F)(F)F. The quantitative estimate of drug-likeness (QED) is 0.476. The molecule has 3 N–H and O–H groups in total. The van der Waals surface area contributed by atoms with Gasteiger partial charge in [-0.3, -0.25) is 15.0 Å². The summed E-state index contributed by atoms with van der Waals surface area (Å²) >= 11 is 0. The van der Waals surface area contributed by atoms with E-state index in [2.05, 4.69) is 20.6 Å². The molecule has 1 aromatic rings. The number of anilines is 1. The number of piperidine rings is 1. The van der Waals surface area contributed by atoms with Crippen LogP contribution in [0.5, 0.6) is 0 Å². The van der Waals surface area contributed by atoms with Gasteiger partial charge in [0.05, 0.1) is 12.2 Å². The molecule has 2 aliphatic rings. The number of rotatable bonds is 8. The Morgan fingerprint density at radius 3 is 2.71 bits per heavy atom. The van der Waals surface area contributed by atoms with Gasteiger partial charge in [-0.25, -0.2) is 10.4 Å². The summed E-state index contributed by atoms with van der Waals surface area (Å²) in [5, 5.41) is 11.7. The number of aromatic nitrogens is 1. The second-order valence-corrected chi connectivity index (χ2v) is 8.82. The maximum Gasteiger partial charge on any atom is 0.402 e. The smallest absolute Gasteiger partial charge is 0.370 e. The lowest BCUT2D eigenvalue weighted by molar-refractivity contribution is -0.193. The molecule has 2 aliphatic heterocycles. The van der Waals surface area contributed by atoms with E-state index in [1.54, 1.807) is 24.9 Å². The average Bonchev–Trinajstić information content (AvgIpc) is 2.83. The number of carbonyl (C=O) groups is 2. The van der Waals surface area contributed by atoms with E-state index in [-0.39, 0.29) is 31.7 Å². The zero-order valence-electron chi connectivity index (χ0n) is 19.6. The van der Waals surface area contributed by atoms with Crippen molar-refractivity contribution in [2.75, 3.05) is 44.8 Å². The second-order valence-electron chi connectivity index (χ2n) is 8.82. The first-order valence-electron chi connectivity index (χ1n) is 11.4. The molecule has 2 fully saturated rings. The fraction of sp³-hybridized carbons (Fsp3) is 0.636. The topological polar surface area (TPSA) is 123 Å². The third kappa shape index (κ3) is 7.03. The van der Waals surface area contributed by atoms with Crippen LogP contribution in [0.25, 0.3) is 0 Å². The van der Waals surface area contributed by atoms with Crippen molar-refractivity contribution in [2.45, 2.75) is 44.1 Å². The van der Waals surface area contributed by atoms with Crippen molar-refractivity contribution < 1.29 is 27.5 Å². The molecule has 1 aromatic heterocycles. The molecule has 13 heteroatoms. The summed E-state index contributed by atoms with van der Waals surface area (Å²) in [6, 6.07) is 3.97. The van der Waals surface area contributed by atoms with Crippen molar-refractivity contribution in [2.24, 2.45) is 5.92 Å². The van der Waals surface area contributed by atoms with Crippen LogP contribution in [0.15, 0.2) is 18.3 Å². The number of ether oxygens (including phenoxy) is 1. The zero-order valence-corrected chi connectivity index (χ0v) is 19.6. The number of hydrogen-bond donors (Lipinski definition) is 3. The second kappa shape index (κ2) is 11.7. The molecule has 2 saturated heterocycles. The molecular formula is C22H30F3N7O3. The molecule has 3 atom stereocenters. The molecule has 35 heavy (non-hydrogen) atoms. The summed E-state index contributed by atoms with van der Waals surface area (Å²) in [5.41, 5.74) is 4.96. The van der Waals surface area contributed by atoms with Crippen LogP contribution < -0.4 is 21.1 Å². The Morgan fingerprint density at radius 2 is 2.11 bits per heavy atom. The molecule has 2 unspecified atom stereocenters. The Kier molecular flexibility index (Phi) is 8.87. The minimum Gasteiger partial charge on any atom is -0.370 e. The average molecular weight is 498 g/mol. The molecule has 3 heterocycles. The van der Waals surface area contributed by atoms with Crippen LogP contribution in [0, 0.1) is 17.2 Å². The number of amides is 2. The van der Waals surface area contributed by atoms with Crippen LogP contribution in [0.4, 0.5) is 19.0 Å². The van der Waals surface area contributed by atoms with Gasteiger partial charge in [-0.05, 0) is 31.9 Å². The van der Waals surface area contributed by atoms with Crippen LogP contribution in [-0.4, -0.2) is 85.9 Å². The third-order valence-corrected chi connectivity index (χ3v) is 6.27. The number of pyridine rings is 1. The molecule has 0 radical (unpaired) electrons. The standard InChI is InChI=1S/C22H30F3N7O3/c1-14(29-17-11-28-30-21(34)20(17)22(23,24)25)12-35-13-19(33)31(2)16-5-7-32(8-6-16)18-4-3-15(9-26)10-27-18/h3-4,10,14,16-17,20,28-29H,5-8,11-13H2,1-2H3,(H,30,34)/t14-,17?,20?/m0/s1. The summed E-state index contributed by atoms with van der Waals surface area (Å²) in [6.07, 6.45) is -1.64. The summed E-state index contributed by atoms with van der Waals surface area (Å²) in [4.78, 5) is 32.3. The number of hydrogen-bond acceptors (Lipinski definition) is 8. The number of nitrogens with zero attached hydrogens (tertiary/aromatic N) is 4. The van der Waals surface area contributed by atoms with E-state index in [1.807, 2.05) is 17.6 Å². The fourth-order valence-corrected chi connectivity index (χ4v) is 4.32. The predicted molar refractivity (Wildman–Crippen MR) is 120 cm³/mol. The Bertz CT molecular complexity index is 914. The normalized spacial score (nSPS) is 22.3. The fourth-order valence-electron chi connectivity index (χ4n) is 4.32. The van der Waals surface area contributed by atoms with Crippen molar-refractivity contribution in [1.29, 1.82) is 5.26 Å². The van der Waals surface area contributed by atoms with Gasteiger partial charge < -0.3 is 19.9 Å². The van der Waals surface area contributed by atoms with E-state index in [4.69, 9.17) is 10.00 Å². The van der Waals surface area contributed by atoms with Gasteiger partial charge in [0.2, 0.25) is 11.8 Å². The van der Waals surface area contributed by atoms with Crippen molar-refractivity contribution in [3.8, 4) is 6.07 Å². The van der Waals surface area contributed by atoms with E-state index >= 15 is 0 Å². The summed E-state index contributed by atoms with van der Waals surface area (Å²) in [7, 11) is 1.72. The minimum atomic E-state index is -4.67. The van der Waals surface area contributed by atoms with Crippen molar-refractivity contribution in [3.05, 3.63) is 23.9 Å². The molecule has 192 valence electrons. The van der Waals surface area contributed by atoms with Gasteiger partial charge in [-0.2, -0.15) is 18.4 Å². The molecule has 0 bridgehead atoms. The lowest BCUT2D eigenvalue weighted by Gasteiger charge is -2.37. The highest BCUT2D eigenvalue weighted by Gasteiger charge is 2.51. The zero-order chi connectivity index (χ0) is 25.6. The number of carbonyl (C=O) groups excluding carboxylic acids is 2. The highest BCUT2D eigenvalue weighted by Crippen LogP contribution is 2.30. The lowest BCUT2D eigenvalue weighted by atomic mass is 9.96. The molecular weight excluding hydrogens is 467 g/mol. The molecule has 0 saturated carbocycles. The van der Waals surface area contributed by atoms with Crippen LogP contribution in [0.2, 0.25) is 0 Å². The highest BCUT2D eigenvalue weighted by molar-refractivity contribution is 5.80. The molecule has 2 amide bonds. The largest absolute Gasteiger partial charge is 0.402 e. The Balaban J connectivity index is 1.40. The summed E-state index contributed by atoms with van der Waals surface area (Å²) in [5.74, 6) is -2.71. The van der Waals surface area contributed by atoms with E-state index in [0.29, 0.717) is 18.7 Å². The number of nitriles is 1. The predicted octanol–water partition coefficient (Wildman–Crippen LogP) is 0.557. The number of halogens is 3. The van der Waals surface area contributed by atoms with Gasteiger partial charge in [0.1, 0.15) is 18.5 Å². The van der Waals surface area contributed by atoms with Gasteiger partial charge >= 0.3 is 6.18 Å². The first kappa shape index (κ1) is 26.7. The monoisotopic (exact) mass is 497 g/mol. The first-order chi connectivity index (χ1) is 16.6. The van der Waals surface area contributed by atoms with Crippen LogP contribution >= 0.6 is 0 Å². The van der Waals surface area contributed by atoms with E-state index in [0.717, 1.165) is 18.7 Å². The van der Waals surface area contributed by atoms with Gasteiger partial charge in [0.25, 0.3) is 0 Å². The molecule has 0 spiro atoms. The molecule has 10 nitrogen and oxygen atoms in total. The highest BCUT2D eigenvalue weighted by atomic mass is 19.4. The van der Waals surface area contributed by atoms with E-state index < -0.39 is 30.1 Å². The number of likely N-dealkylation sites (N-methyl/N-ethyl adjacent to an activating group) is 1. The van der Waals surface area contributed by atoms with Gasteiger partial charge in [0.15, 0.2) is 5.92 Å². The Morgan fingerprint density at radius 1 is 1.40 bits per heavy atom. The van der Waals surface area contributed by atoms with Crippen LogP contribution in [0.3, 0.4) is 0 Å². The first-order valence-corrected chi connectivity index (χ1v) is 11.4. The maximum atomic E-state index is 13.2. The van der Waals surface area contributed by atoms with E-state index in [1.165, 1.54) is 6.20 Å². The third-order valence-electron chi connectivity index (χ3n) is 6.27. The van der Waals surface area contributed by atoms with Crippen molar-refractivity contribution >= 4 is 17.6 Å². The van der Waals surface area contributed by atoms with Crippen molar-refractivity contribution in [1.82, 2.24) is 26.1 Å². The minimum absolute atomic E-state index is 0.0189. The maximum absolute atomic E-state index is 13.2. The Hall–Kier alpha value is -2.95. The molecule has 0 aliphatic carbocycles. The number of nitrogens with one attached hydrogen (secondary N) is 3. The van der Waals surface area contributed by atoms with Gasteiger partial charge in [0, 0.05) is 51.0 Å². The lowest BCUT2D eigenvalue weighted by Crippen LogP contribution is -2.65. The van der Waals surface area contributed by atoms with Crippen LogP contribution in [0.1, 0.15) is 25.3 Å². The molecule has 3 rings (SSSR count). The van der Waals surface area contributed by atoms with Crippen molar-refractivity contribution in [3.63, 3.8) is 0 Å². The van der Waals surface area contributed by atoms with E-state index in [9.17, 15) is 22.8 Å². The number of hydrazine groups is 1. The Labute approximate surface area is 201 Å².